The number of hydrogen-bond acceptors (Lipinski definition) is 3. The number of para-hydroxylation sites is 1. The van der Waals surface area contributed by atoms with Gasteiger partial charge >= 0.3 is 0 Å². The van der Waals surface area contributed by atoms with Crippen LogP contribution in [-0.2, 0) is 0 Å². The first-order chi connectivity index (χ1) is 8.72. The Morgan fingerprint density at radius 3 is 2.44 bits per heavy atom. The molecule has 0 amide bonds. The summed E-state index contributed by atoms with van der Waals surface area (Å²) in [5.74, 6) is 0.930. The van der Waals surface area contributed by atoms with Gasteiger partial charge in [0, 0.05) is 18.2 Å². The monoisotopic (exact) mass is 250 g/mol. The van der Waals surface area contributed by atoms with Crippen LogP contribution < -0.4 is 10.5 Å². The lowest BCUT2D eigenvalue weighted by atomic mass is 10.0. The maximum atomic E-state index is 6.09. The lowest BCUT2D eigenvalue weighted by Crippen LogP contribution is -2.28. The fraction of sp³-hybridized carbons (Fsp3) is 0.600. The van der Waals surface area contributed by atoms with Gasteiger partial charge in [0.1, 0.15) is 12.4 Å². The Bertz CT molecular complexity index is 337. The number of hydrogen-bond donors (Lipinski definition) is 1. The summed E-state index contributed by atoms with van der Waals surface area (Å²) in [6, 6.07) is 8.14. The molecular weight excluding hydrogens is 224 g/mol. The van der Waals surface area contributed by atoms with Crippen molar-refractivity contribution in [3.05, 3.63) is 29.8 Å². The highest BCUT2D eigenvalue weighted by Crippen LogP contribution is 2.25. The predicted molar refractivity (Wildman–Crippen MR) is 76.9 cm³/mol. The van der Waals surface area contributed by atoms with Gasteiger partial charge < -0.3 is 15.4 Å². The lowest BCUT2D eigenvalue weighted by Gasteiger charge is -2.20. The minimum absolute atomic E-state index is 0.0645. The molecular formula is C15H26N2O. The van der Waals surface area contributed by atoms with Crippen LogP contribution in [0.4, 0.5) is 0 Å². The number of rotatable bonds is 8. The maximum Gasteiger partial charge on any atom is 0.124 e. The minimum Gasteiger partial charge on any atom is -0.492 e. The van der Waals surface area contributed by atoms with Gasteiger partial charge in [0.25, 0.3) is 0 Å². The minimum atomic E-state index is 0.0645. The second-order valence-corrected chi connectivity index (χ2v) is 4.43. The molecule has 0 radical (unpaired) electrons. The van der Waals surface area contributed by atoms with Gasteiger partial charge in [0.15, 0.2) is 0 Å². The van der Waals surface area contributed by atoms with Crippen molar-refractivity contribution in [2.45, 2.75) is 33.2 Å². The summed E-state index contributed by atoms with van der Waals surface area (Å²) in [6.07, 6.45) is 0.927. The molecule has 3 heteroatoms. The van der Waals surface area contributed by atoms with Crippen LogP contribution in [0.2, 0.25) is 0 Å². The van der Waals surface area contributed by atoms with Gasteiger partial charge in [-0.15, -0.1) is 0 Å². The first kappa shape index (κ1) is 15.0. The van der Waals surface area contributed by atoms with Crippen molar-refractivity contribution in [3.63, 3.8) is 0 Å². The third kappa shape index (κ3) is 4.31. The molecule has 2 N–H and O–H groups in total. The van der Waals surface area contributed by atoms with Crippen molar-refractivity contribution in [2.75, 3.05) is 26.2 Å². The largest absolute Gasteiger partial charge is 0.492 e. The van der Waals surface area contributed by atoms with E-state index in [0.717, 1.165) is 44.0 Å². The molecule has 0 heterocycles. The summed E-state index contributed by atoms with van der Waals surface area (Å²) in [5.41, 5.74) is 7.20. The van der Waals surface area contributed by atoms with E-state index < -0.39 is 0 Å². The van der Waals surface area contributed by atoms with E-state index in [9.17, 15) is 0 Å². The molecule has 1 aromatic carbocycles. The Hall–Kier alpha value is -1.06. The summed E-state index contributed by atoms with van der Waals surface area (Å²) in [5, 5.41) is 0. The summed E-state index contributed by atoms with van der Waals surface area (Å²) < 4.78 is 5.87. The number of likely N-dealkylation sites (N-methyl/N-ethyl adjacent to an activating group) is 1. The molecule has 1 atom stereocenters. The molecule has 0 aromatic heterocycles. The third-order valence-corrected chi connectivity index (χ3v) is 3.32. The van der Waals surface area contributed by atoms with Crippen LogP contribution in [0.1, 0.15) is 38.8 Å². The summed E-state index contributed by atoms with van der Waals surface area (Å²) >= 11 is 0. The van der Waals surface area contributed by atoms with Crippen molar-refractivity contribution < 1.29 is 4.74 Å². The smallest absolute Gasteiger partial charge is 0.124 e. The zero-order chi connectivity index (χ0) is 13.4. The third-order valence-electron chi connectivity index (χ3n) is 3.32. The zero-order valence-electron chi connectivity index (χ0n) is 11.9. The number of ether oxygens (including phenoxy) is 1. The quantitative estimate of drug-likeness (QED) is 0.771. The molecule has 18 heavy (non-hydrogen) atoms. The van der Waals surface area contributed by atoms with E-state index >= 15 is 0 Å². The highest BCUT2D eigenvalue weighted by Gasteiger charge is 2.09. The van der Waals surface area contributed by atoms with Crippen LogP contribution in [0.15, 0.2) is 24.3 Å². The van der Waals surface area contributed by atoms with E-state index in [2.05, 4.69) is 31.7 Å². The van der Waals surface area contributed by atoms with Crippen LogP contribution in [0.25, 0.3) is 0 Å². The average molecular weight is 250 g/mol. The first-order valence-electron chi connectivity index (χ1n) is 6.92. The molecule has 1 unspecified atom stereocenters. The van der Waals surface area contributed by atoms with E-state index in [1.54, 1.807) is 0 Å². The second-order valence-electron chi connectivity index (χ2n) is 4.43. The van der Waals surface area contributed by atoms with Gasteiger partial charge in [-0.1, -0.05) is 39.0 Å². The molecule has 0 aliphatic heterocycles. The van der Waals surface area contributed by atoms with Crippen LogP contribution in [0.3, 0.4) is 0 Å². The van der Waals surface area contributed by atoms with Gasteiger partial charge in [0.2, 0.25) is 0 Å². The van der Waals surface area contributed by atoms with E-state index in [1.165, 1.54) is 0 Å². The highest BCUT2D eigenvalue weighted by atomic mass is 16.5. The standard InChI is InChI=1S/C15H26N2O/c1-4-14(16)13-9-7-8-10-15(13)18-12-11-17(5-2)6-3/h7-10,14H,4-6,11-12,16H2,1-3H3. The Kier molecular flexibility index (Phi) is 6.76. The number of nitrogens with zero attached hydrogens (tertiary/aromatic N) is 1. The summed E-state index contributed by atoms with van der Waals surface area (Å²) in [4.78, 5) is 2.35. The lowest BCUT2D eigenvalue weighted by molar-refractivity contribution is 0.221. The van der Waals surface area contributed by atoms with Crippen molar-refractivity contribution in [2.24, 2.45) is 5.73 Å². The number of nitrogens with two attached hydrogens (primary N) is 1. The molecule has 0 spiro atoms. The highest BCUT2D eigenvalue weighted by molar-refractivity contribution is 5.35. The summed E-state index contributed by atoms with van der Waals surface area (Å²) in [7, 11) is 0. The van der Waals surface area contributed by atoms with Crippen molar-refractivity contribution in [3.8, 4) is 5.75 Å². The molecule has 1 aromatic rings. The van der Waals surface area contributed by atoms with Crippen molar-refractivity contribution >= 4 is 0 Å². The molecule has 3 nitrogen and oxygen atoms in total. The first-order valence-corrected chi connectivity index (χ1v) is 6.92. The number of benzene rings is 1. The fourth-order valence-corrected chi connectivity index (χ4v) is 1.96. The molecule has 1 rings (SSSR count). The van der Waals surface area contributed by atoms with Crippen LogP contribution in [0.5, 0.6) is 5.75 Å². The van der Waals surface area contributed by atoms with E-state index in [-0.39, 0.29) is 6.04 Å². The fourth-order valence-electron chi connectivity index (χ4n) is 1.96. The van der Waals surface area contributed by atoms with Crippen LogP contribution >= 0.6 is 0 Å². The zero-order valence-corrected chi connectivity index (χ0v) is 11.9. The average Bonchev–Trinajstić information content (AvgIpc) is 2.43. The van der Waals surface area contributed by atoms with Gasteiger partial charge in [-0.25, -0.2) is 0 Å². The molecule has 0 fully saturated rings. The Labute approximate surface area is 111 Å². The van der Waals surface area contributed by atoms with Gasteiger partial charge in [-0.2, -0.15) is 0 Å². The molecule has 0 saturated carbocycles. The second kappa shape index (κ2) is 8.11. The van der Waals surface area contributed by atoms with Crippen LogP contribution in [0, 0.1) is 0 Å². The van der Waals surface area contributed by atoms with E-state index in [0.29, 0.717) is 0 Å². The molecule has 0 saturated heterocycles. The van der Waals surface area contributed by atoms with Gasteiger partial charge in [-0.05, 0) is 25.6 Å². The Morgan fingerprint density at radius 2 is 1.83 bits per heavy atom. The molecule has 0 bridgehead atoms. The van der Waals surface area contributed by atoms with Crippen LogP contribution in [-0.4, -0.2) is 31.1 Å². The molecule has 102 valence electrons. The Morgan fingerprint density at radius 1 is 1.17 bits per heavy atom. The Balaban J connectivity index is 2.56. The molecule has 0 aliphatic carbocycles. The van der Waals surface area contributed by atoms with Crippen molar-refractivity contribution in [1.82, 2.24) is 4.90 Å². The molecule has 0 aliphatic rings. The SMILES string of the molecule is CCC(N)c1ccccc1OCCN(CC)CC. The van der Waals surface area contributed by atoms with E-state index in [4.69, 9.17) is 10.5 Å². The van der Waals surface area contributed by atoms with Gasteiger partial charge in [0.05, 0.1) is 0 Å². The maximum absolute atomic E-state index is 6.09. The van der Waals surface area contributed by atoms with Crippen molar-refractivity contribution in [1.29, 1.82) is 0 Å². The predicted octanol–water partition coefficient (Wildman–Crippen LogP) is 2.82. The normalized spacial score (nSPS) is 12.7. The van der Waals surface area contributed by atoms with Gasteiger partial charge in [-0.3, -0.25) is 0 Å². The van der Waals surface area contributed by atoms with E-state index in [1.807, 2.05) is 18.2 Å². The summed E-state index contributed by atoms with van der Waals surface area (Å²) in [6.45, 7) is 10.2. The topological polar surface area (TPSA) is 38.5 Å².